The molecule has 1 aliphatic carbocycles. The highest BCUT2D eigenvalue weighted by Gasteiger charge is 2.53. The van der Waals surface area contributed by atoms with Crippen LogP contribution in [-0.2, 0) is 5.41 Å². The summed E-state index contributed by atoms with van der Waals surface area (Å²) >= 11 is 3.63. The lowest BCUT2D eigenvalue weighted by atomic mass is 9.67. The third-order valence-electron chi connectivity index (χ3n) is 10.4. The third kappa shape index (κ3) is 4.60. The van der Waals surface area contributed by atoms with E-state index in [1.54, 1.807) is 0 Å². The number of pyridine rings is 3. The molecule has 0 atom stereocenters. The van der Waals surface area contributed by atoms with Gasteiger partial charge >= 0.3 is 0 Å². The van der Waals surface area contributed by atoms with Gasteiger partial charge in [0.25, 0.3) is 0 Å². The summed E-state index contributed by atoms with van der Waals surface area (Å²) in [5.41, 5.74) is 11.9. The first-order chi connectivity index (χ1) is 26.8. The molecule has 9 aromatic rings. The van der Waals surface area contributed by atoms with Crippen LogP contribution in [0.2, 0.25) is 0 Å². The summed E-state index contributed by atoms with van der Waals surface area (Å²) in [6.07, 6.45) is 5.59. The van der Waals surface area contributed by atoms with Crippen molar-refractivity contribution in [2.45, 2.75) is 5.41 Å². The van der Waals surface area contributed by atoms with Crippen LogP contribution in [0.5, 0.6) is 0 Å². The topological polar surface area (TPSA) is 67.7 Å². The lowest BCUT2D eigenvalue weighted by Crippen LogP contribution is -2.36. The van der Waals surface area contributed by atoms with Gasteiger partial charge in [-0.05, 0) is 76.5 Å². The van der Waals surface area contributed by atoms with Gasteiger partial charge in [0.1, 0.15) is 11.6 Å². The van der Waals surface area contributed by atoms with Gasteiger partial charge in [-0.2, -0.15) is 0 Å². The largest absolute Gasteiger partial charge is 0.278 e. The summed E-state index contributed by atoms with van der Waals surface area (Å²) in [6.45, 7) is 0. The lowest BCUT2D eigenvalue weighted by Gasteiger charge is -2.42. The SMILES string of the molecule is c1ccc(-c2cc(-c3cccc(N4c5ncccc5C5(c6cccnc64)c4ccsc4-c4sccc45)c3)nc(-c3ccc(-c4ccccn4)cc3)n2)cc1. The van der Waals surface area contributed by atoms with Gasteiger partial charge in [0, 0.05) is 67.4 Å². The number of thiophene rings is 2. The summed E-state index contributed by atoms with van der Waals surface area (Å²) < 4.78 is 0. The average Bonchev–Trinajstić information content (AvgIpc) is 3.99. The second-order valence-electron chi connectivity index (χ2n) is 13.3. The molecule has 0 saturated carbocycles. The van der Waals surface area contributed by atoms with E-state index in [2.05, 4.69) is 124 Å². The number of benzene rings is 3. The summed E-state index contributed by atoms with van der Waals surface area (Å²) in [7, 11) is 0. The summed E-state index contributed by atoms with van der Waals surface area (Å²) in [4.78, 5) is 29.9. The van der Waals surface area contributed by atoms with Gasteiger partial charge in [-0.1, -0.05) is 84.9 Å². The van der Waals surface area contributed by atoms with E-state index >= 15 is 0 Å². The minimum absolute atomic E-state index is 0.496. The highest BCUT2D eigenvalue weighted by Crippen LogP contribution is 2.64. The van der Waals surface area contributed by atoms with Crippen molar-refractivity contribution in [3.05, 3.63) is 191 Å². The zero-order valence-electron chi connectivity index (χ0n) is 28.7. The molecule has 0 unspecified atom stereocenters. The van der Waals surface area contributed by atoms with Crippen molar-refractivity contribution in [3.8, 4) is 54.9 Å². The Balaban J connectivity index is 1.07. The number of nitrogens with zero attached hydrogens (tertiary/aromatic N) is 6. The molecule has 11 rings (SSSR count). The van der Waals surface area contributed by atoms with Gasteiger partial charge in [-0.15, -0.1) is 22.7 Å². The van der Waals surface area contributed by atoms with Crippen LogP contribution in [0.15, 0.2) is 169 Å². The average molecular weight is 729 g/mol. The van der Waals surface area contributed by atoms with E-state index in [0.717, 1.165) is 67.8 Å². The molecule has 0 saturated heterocycles. The number of rotatable bonds is 5. The summed E-state index contributed by atoms with van der Waals surface area (Å²) in [5.74, 6) is 2.40. The van der Waals surface area contributed by atoms with E-state index in [9.17, 15) is 0 Å². The van der Waals surface area contributed by atoms with Gasteiger partial charge in [-0.25, -0.2) is 19.9 Å². The van der Waals surface area contributed by atoms with Crippen molar-refractivity contribution in [1.29, 1.82) is 0 Å². The molecule has 254 valence electrons. The number of hydrogen-bond acceptors (Lipinski definition) is 8. The molecule has 3 aromatic carbocycles. The van der Waals surface area contributed by atoms with Crippen molar-refractivity contribution in [2.75, 3.05) is 4.90 Å². The molecule has 54 heavy (non-hydrogen) atoms. The predicted molar refractivity (Wildman–Crippen MR) is 218 cm³/mol. The minimum atomic E-state index is -0.496. The van der Waals surface area contributed by atoms with Crippen LogP contribution in [0.1, 0.15) is 22.3 Å². The standard InChI is InChI=1S/C46H28N6S2/c1-2-9-29(10-3-1)39-28-40(51-43(50-39)31-18-16-30(17-19-31)38-15-4-5-22-47-38)32-11-6-12-33(27-32)52-44-36(13-7-23-48-44)46(37-14-8-24-49-45(37)52)34-20-25-53-41(34)42-35(46)21-26-54-42/h1-28H. The Bertz CT molecular complexity index is 2760. The van der Waals surface area contributed by atoms with E-state index in [-0.39, 0.29) is 0 Å². The Labute approximate surface area is 319 Å². The smallest absolute Gasteiger partial charge is 0.160 e. The molecular formula is C46H28N6S2. The van der Waals surface area contributed by atoms with Gasteiger partial charge in [0.05, 0.1) is 22.5 Å². The zero-order valence-corrected chi connectivity index (χ0v) is 30.3. The van der Waals surface area contributed by atoms with Crippen molar-refractivity contribution >= 4 is 40.0 Å². The predicted octanol–water partition coefficient (Wildman–Crippen LogP) is 11.6. The number of aromatic nitrogens is 5. The summed E-state index contributed by atoms with van der Waals surface area (Å²) in [5, 5.41) is 4.43. The van der Waals surface area contributed by atoms with Crippen LogP contribution in [0.3, 0.4) is 0 Å². The Kier molecular flexibility index (Phi) is 7.01. The molecule has 1 spiro atoms. The van der Waals surface area contributed by atoms with Crippen LogP contribution in [0, 0.1) is 0 Å². The highest BCUT2D eigenvalue weighted by molar-refractivity contribution is 7.21. The minimum Gasteiger partial charge on any atom is -0.278 e. The second kappa shape index (κ2) is 12.2. The normalized spacial score (nSPS) is 13.3. The van der Waals surface area contributed by atoms with Crippen LogP contribution in [-0.4, -0.2) is 24.9 Å². The highest BCUT2D eigenvalue weighted by atomic mass is 32.1. The molecule has 8 heteroatoms. The Morgan fingerprint density at radius 3 is 1.69 bits per heavy atom. The summed E-state index contributed by atoms with van der Waals surface area (Å²) in [6, 6.07) is 48.3. The quantitative estimate of drug-likeness (QED) is 0.176. The number of anilines is 3. The van der Waals surface area contributed by atoms with E-state index in [4.69, 9.17) is 19.9 Å². The van der Waals surface area contributed by atoms with E-state index in [1.165, 1.54) is 20.9 Å². The first-order valence-corrected chi connectivity index (χ1v) is 19.5. The fourth-order valence-electron chi connectivity index (χ4n) is 8.12. The number of hydrogen-bond donors (Lipinski definition) is 0. The Morgan fingerprint density at radius 1 is 0.426 bits per heavy atom. The van der Waals surface area contributed by atoms with E-state index in [0.29, 0.717) is 5.82 Å². The molecule has 0 N–H and O–H groups in total. The maximum absolute atomic E-state index is 5.20. The monoisotopic (exact) mass is 728 g/mol. The van der Waals surface area contributed by atoms with Crippen molar-refractivity contribution in [3.63, 3.8) is 0 Å². The molecular weight excluding hydrogens is 701 g/mol. The molecule has 0 fully saturated rings. The van der Waals surface area contributed by atoms with Crippen LogP contribution in [0.4, 0.5) is 17.3 Å². The maximum Gasteiger partial charge on any atom is 0.160 e. The molecule has 2 aliphatic rings. The molecule has 1 aliphatic heterocycles. The molecule has 6 nitrogen and oxygen atoms in total. The molecule has 0 amide bonds. The molecule has 6 aromatic heterocycles. The van der Waals surface area contributed by atoms with Crippen molar-refractivity contribution in [2.24, 2.45) is 0 Å². The molecule has 0 bridgehead atoms. The fraction of sp³-hybridized carbons (Fsp3) is 0.0217. The maximum atomic E-state index is 5.20. The lowest BCUT2D eigenvalue weighted by molar-refractivity contribution is 0.740. The Morgan fingerprint density at radius 2 is 1.02 bits per heavy atom. The number of fused-ring (bicyclic) bond motifs is 9. The van der Waals surface area contributed by atoms with E-state index < -0.39 is 5.41 Å². The first-order valence-electron chi connectivity index (χ1n) is 17.7. The first kappa shape index (κ1) is 31.0. The molecule has 7 heterocycles. The van der Waals surface area contributed by atoms with Gasteiger partial charge in [0.15, 0.2) is 5.82 Å². The van der Waals surface area contributed by atoms with Crippen molar-refractivity contribution in [1.82, 2.24) is 24.9 Å². The molecule has 0 radical (unpaired) electrons. The van der Waals surface area contributed by atoms with Crippen LogP contribution < -0.4 is 4.90 Å². The van der Waals surface area contributed by atoms with Crippen LogP contribution >= 0.6 is 22.7 Å². The van der Waals surface area contributed by atoms with E-state index in [1.807, 2.05) is 77.7 Å². The fourth-order valence-corrected chi connectivity index (χ4v) is 10.2. The van der Waals surface area contributed by atoms with Gasteiger partial charge in [-0.3, -0.25) is 9.88 Å². The Hall–Kier alpha value is -6.61. The zero-order chi connectivity index (χ0) is 35.6. The van der Waals surface area contributed by atoms with Gasteiger partial charge < -0.3 is 0 Å². The van der Waals surface area contributed by atoms with Crippen LogP contribution in [0.25, 0.3) is 54.9 Å². The van der Waals surface area contributed by atoms with Gasteiger partial charge in [0.2, 0.25) is 0 Å². The van der Waals surface area contributed by atoms with Crippen molar-refractivity contribution < 1.29 is 0 Å². The second-order valence-corrected chi connectivity index (χ2v) is 15.2. The third-order valence-corrected chi connectivity index (χ3v) is 12.4.